The van der Waals surface area contributed by atoms with Crippen LogP contribution in [0.2, 0.25) is 0 Å². The van der Waals surface area contributed by atoms with E-state index in [0.29, 0.717) is 0 Å². The molecule has 0 spiro atoms. The van der Waals surface area contributed by atoms with Gasteiger partial charge in [-0.2, -0.15) is 9.89 Å². The number of benzene rings is 1. The van der Waals surface area contributed by atoms with Gasteiger partial charge in [0.05, 0.1) is 11.9 Å². The third-order valence-corrected chi connectivity index (χ3v) is 2.56. The molecule has 0 fully saturated rings. The highest BCUT2D eigenvalue weighted by Gasteiger charge is 2.21. The largest absolute Gasteiger partial charge is 0.323 e. The van der Waals surface area contributed by atoms with Gasteiger partial charge in [-0.1, -0.05) is 24.3 Å². The molecule has 3 rings (SSSR count). The van der Waals surface area contributed by atoms with Gasteiger partial charge in [-0.3, -0.25) is 0 Å². The molecular weight excluding hydrogens is 162 g/mol. The number of nitrogens with two attached hydrogens (primary N) is 1. The monoisotopic (exact) mass is 171 g/mol. The number of rotatable bonds is 0. The first kappa shape index (κ1) is 6.71. The molecule has 1 aliphatic rings. The summed E-state index contributed by atoms with van der Waals surface area (Å²) >= 11 is 0. The molecule has 1 heterocycles. The zero-order valence-electron chi connectivity index (χ0n) is 7.07. The Balaban J connectivity index is 2.32. The molecular formula is C10H9N3. The van der Waals surface area contributed by atoms with Crippen molar-refractivity contribution >= 4 is 0 Å². The Morgan fingerprint density at radius 1 is 1.23 bits per heavy atom. The van der Waals surface area contributed by atoms with Gasteiger partial charge in [0, 0.05) is 12.0 Å². The van der Waals surface area contributed by atoms with Crippen molar-refractivity contribution in [3.8, 4) is 11.1 Å². The topological polar surface area (TPSA) is 43.8 Å². The average Bonchev–Trinajstić information content (AvgIpc) is 2.67. The van der Waals surface area contributed by atoms with Crippen LogP contribution in [0.5, 0.6) is 0 Å². The van der Waals surface area contributed by atoms with E-state index in [1.54, 1.807) is 0 Å². The fourth-order valence-corrected chi connectivity index (χ4v) is 1.91. The maximum Gasteiger partial charge on any atom is 0.0739 e. The summed E-state index contributed by atoms with van der Waals surface area (Å²) in [5, 5.41) is 4.03. The minimum atomic E-state index is 0.905. The molecule has 0 unspecified atom stereocenters. The fourth-order valence-electron chi connectivity index (χ4n) is 1.91. The first-order chi connectivity index (χ1) is 6.36. The van der Waals surface area contributed by atoms with Crippen molar-refractivity contribution in [1.29, 1.82) is 0 Å². The van der Waals surface area contributed by atoms with Crippen molar-refractivity contribution in [3.05, 3.63) is 41.7 Å². The minimum absolute atomic E-state index is 0.905. The average molecular weight is 171 g/mol. The summed E-state index contributed by atoms with van der Waals surface area (Å²) in [6, 6.07) is 8.35. The summed E-state index contributed by atoms with van der Waals surface area (Å²) in [4.78, 5) is 1.47. The third-order valence-electron chi connectivity index (χ3n) is 2.56. The van der Waals surface area contributed by atoms with Crippen molar-refractivity contribution in [2.24, 2.45) is 0 Å². The first-order valence-electron chi connectivity index (χ1n) is 4.26. The maximum atomic E-state index is 5.68. The van der Waals surface area contributed by atoms with Crippen molar-refractivity contribution in [2.75, 3.05) is 5.84 Å². The molecule has 1 aromatic heterocycles. The highest BCUT2D eigenvalue weighted by molar-refractivity contribution is 5.74. The van der Waals surface area contributed by atoms with Crippen molar-refractivity contribution in [3.63, 3.8) is 0 Å². The van der Waals surface area contributed by atoms with E-state index in [-0.39, 0.29) is 0 Å². The SMILES string of the molecule is Nn1ncc2c1Cc1ccccc1-2. The van der Waals surface area contributed by atoms with Crippen molar-refractivity contribution in [1.82, 2.24) is 9.89 Å². The van der Waals surface area contributed by atoms with Crippen LogP contribution in [0.3, 0.4) is 0 Å². The Morgan fingerprint density at radius 2 is 2.08 bits per heavy atom. The van der Waals surface area contributed by atoms with Crippen LogP contribution in [-0.2, 0) is 6.42 Å². The maximum absolute atomic E-state index is 5.68. The summed E-state index contributed by atoms with van der Waals surface area (Å²) in [5.41, 5.74) is 4.91. The second-order valence-electron chi connectivity index (χ2n) is 3.28. The summed E-state index contributed by atoms with van der Waals surface area (Å²) < 4.78 is 0. The summed E-state index contributed by atoms with van der Waals surface area (Å²) in [7, 11) is 0. The third kappa shape index (κ3) is 0.758. The standard InChI is InChI=1S/C10H9N3/c11-13-10-5-7-3-1-2-4-8(7)9(10)6-12-13/h1-4,6H,5,11H2. The molecule has 3 heteroatoms. The molecule has 0 radical (unpaired) electrons. The Hall–Kier alpha value is -1.77. The van der Waals surface area contributed by atoms with E-state index in [1.807, 2.05) is 12.3 Å². The van der Waals surface area contributed by atoms with Gasteiger partial charge in [0.15, 0.2) is 0 Å². The molecule has 0 bridgehead atoms. The number of aromatic nitrogens is 2. The van der Waals surface area contributed by atoms with Gasteiger partial charge in [-0.15, -0.1) is 0 Å². The van der Waals surface area contributed by atoms with Crippen LogP contribution >= 0.6 is 0 Å². The molecule has 0 saturated heterocycles. The van der Waals surface area contributed by atoms with E-state index >= 15 is 0 Å². The molecule has 1 aromatic carbocycles. The second-order valence-corrected chi connectivity index (χ2v) is 3.28. The van der Waals surface area contributed by atoms with Gasteiger partial charge in [0.1, 0.15) is 0 Å². The second kappa shape index (κ2) is 2.13. The Kier molecular flexibility index (Phi) is 1.10. The van der Waals surface area contributed by atoms with Gasteiger partial charge in [-0.25, -0.2) is 0 Å². The van der Waals surface area contributed by atoms with Gasteiger partial charge in [0.25, 0.3) is 0 Å². The summed E-state index contributed by atoms with van der Waals surface area (Å²) in [6.45, 7) is 0. The number of fused-ring (bicyclic) bond motifs is 3. The van der Waals surface area contributed by atoms with Crippen LogP contribution < -0.4 is 5.84 Å². The normalized spacial score (nSPS) is 12.6. The van der Waals surface area contributed by atoms with E-state index in [1.165, 1.54) is 21.5 Å². The van der Waals surface area contributed by atoms with Crippen molar-refractivity contribution in [2.45, 2.75) is 6.42 Å². The van der Waals surface area contributed by atoms with Crippen LogP contribution in [0, 0.1) is 0 Å². The lowest BCUT2D eigenvalue weighted by molar-refractivity contribution is 0.785. The smallest absolute Gasteiger partial charge is 0.0739 e. The first-order valence-corrected chi connectivity index (χ1v) is 4.26. The number of nitrogen functional groups attached to an aromatic ring is 1. The number of hydrogen-bond donors (Lipinski definition) is 1. The van der Waals surface area contributed by atoms with Crippen LogP contribution in [0.1, 0.15) is 11.3 Å². The van der Waals surface area contributed by atoms with Crippen molar-refractivity contribution < 1.29 is 0 Å². The van der Waals surface area contributed by atoms with Crippen LogP contribution in [0.25, 0.3) is 11.1 Å². The quantitative estimate of drug-likeness (QED) is 0.516. The Bertz CT molecular complexity index is 471. The predicted octanol–water partition coefficient (Wildman–Crippen LogP) is 1.17. The highest BCUT2D eigenvalue weighted by Crippen LogP contribution is 2.35. The zero-order valence-corrected chi connectivity index (χ0v) is 7.07. The Labute approximate surface area is 75.8 Å². The molecule has 0 aliphatic heterocycles. The molecule has 0 atom stereocenters. The van der Waals surface area contributed by atoms with Crippen LogP contribution in [-0.4, -0.2) is 9.89 Å². The van der Waals surface area contributed by atoms with Gasteiger partial charge in [0.2, 0.25) is 0 Å². The molecule has 2 aromatic rings. The van der Waals surface area contributed by atoms with E-state index < -0.39 is 0 Å². The lowest BCUT2D eigenvalue weighted by Crippen LogP contribution is -2.13. The minimum Gasteiger partial charge on any atom is -0.323 e. The van der Waals surface area contributed by atoms with E-state index in [0.717, 1.165) is 12.1 Å². The summed E-state index contributed by atoms with van der Waals surface area (Å²) in [5.74, 6) is 5.68. The molecule has 1 aliphatic carbocycles. The molecule has 64 valence electrons. The van der Waals surface area contributed by atoms with Gasteiger partial charge < -0.3 is 5.84 Å². The number of hydrogen-bond acceptors (Lipinski definition) is 2. The van der Waals surface area contributed by atoms with Gasteiger partial charge >= 0.3 is 0 Å². The zero-order chi connectivity index (χ0) is 8.84. The highest BCUT2D eigenvalue weighted by atomic mass is 15.5. The fraction of sp³-hybridized carbons (Fsp3) is 0.100. The van der Waals surface area contributed by atoms with E-state index in [9.17, 15) is 0 Å². The molecule has 13 heavy (non-hydrogen) atoms. The summed E-state index contributed by atoms with van der Waals surface area (Å²) in [6.07, 6.45) is 2.74. The molecule has 0 saturated carbocycles. The van der Waals surface area contributed by atoms with E-state index in [2.05, 4.69) is 23.3 Å². The van der Waals surface area contributed by atoms with Crippen LogP contribution in [0.15, 0.2) is 30.5 Å². The van der Waals surface area contributed by atoms with E-state index in [4.69, 9.17) is 5.84 Å². The predicted molar refractivity (Wildman–Crippen MR) is 50.6 cm³/mol. The molecule has 2 N–H and O–H groups in total. The lowest BCUT2D eigenvalue weighted by atomic mass is 10.1. The molecule has 3 nitrogen and oxygen atoms in total. The van der Waals surface area contributed by atoms with Gasteiger partial charge in [-0.05, 0) is 11.1 Å². The number of nitrogens with zero attached hydrogens (tertiary/aromatic N) is 2. The Morgan fingerprint density at radius 3 is 3.00 bits per heavy atom. The van der Waals surface area contributed by atoms with Crippen LogP contribution in [0.4, 0.5) is 0 Å². The molecule has 0 amide bonds. The lowest BCUT2D eigenvalue weighted by Gasteiger charge is -1.96.